The van der Waals surface area contributed by atoms with Crippen LogP contribution in [0.4, 0.5) is 0 Å². The lowest BCUT2D eigenvalue weighted by molar-refractivity contribution is -0.130. The highest BCUT2D eigenvalue weighted by atomic mass is 16.5. The molecule has 5 nitrogen and oxygen atoms in total. The monoisotopic (exact) mass is 295 g/mol. The first kappa shape index (κ1) is 15.3. The molecule has 3 heterocycles. The third-order valence-corrected chi connectivity index (χ3v) is 5.36. The van der Waals surface area contributed by atoms with Crippen molar-refractivity contribution in [3.05, 3.63) is 0 Å². The van der Waals surface area contributed by atoms with E-state index in [9.17, 15) is 4.79 Å². The molecule has 3 rings (SSSR count). The Morgan fingerprint density at radius 2 is 1.95 bits per heavy atom. The van der Waals surface area contributed by atoms with Crippen LogP contribution in [-0.2, 0) is 9.53 Å². The number of amides is 1. The standard InChI is InChI=1S/C16H29N3O2/c1-13-10-17(11-15-4-3-9-21-15)12-16(13)19-7-5-18(6-8-19)14(2)20/h13,15-16H,3-12H2,1-2H3/t13-,15-,16+/m0/s1. The zero-order chi connectivity index (χ0) is 14.8. The van der Waals surface area contributed by atoms with Gasteiger partial charge in [-0.15, -0.1) is 0 Å². The summed E-state index contributed by atoms with van der Waals surface area (Å²) in [5.41, 5.74) is 0. The van der Waals surface area contributed by atoms with Crippen molar-refractivity contribution in [2.45, 2.75) is 38.8 Å². The van der Waals surface area contributed by atoms with Crippen LogP contribution in [0.5, 0.6) is 0 Å². The minimum absolute atomic E-state index is 0.217. The van der Waals surface area contributed by atoms with Gasteiger partial charge in [-0.05, 0) is 18.8 Å². The molecule has 3 atom stereocenters. The Morgan fingerprint density at radius 3 is 2.57 bits per heavy atom. The number of carbonyl (C=O) groups is 1. The SMILES string of the molecule is CC(=O)N1CCN([C@@H]2CN(C[C@@H]3CCCO3)C[C@@H]2C)CC1. The molecule has 0 N–H and O–H groups in total. The fraction of sp³-hybridized carbons (Fsp3) is 0.938. The molecule has 0 aromatic carbocycles. The average Bonchev–Trinajstić information content (AvgIpc) is 3.09. The van der Waals surface area contributed by atoms with Gasteiger partial charge in [-0.3, -0.25) is 14.6 Å². The smallest absolute Gasteiger partial charge is 0.219 e. The second kappa shape index (κ2) is 6.63. The van der Waals surface area contributed by atoms with E-state index < -0.39 is 0 Å². The summed E-state index contributed by atoms with van der Waals surface area (Å²) < 4.78 is 5.77. The van der Waals surface area contributed by atoms with E-state index in [0.29, 0.717) is 12.1 Å². The predicted molar refractivity (Wildman–Crippen MR) is 82.2 cm³/mol. The Hall–Kier alpha value is -0.650. The van der Waals surface area contributed by atoms with Crippen molar-refractivity contribution < 1.29 is 9.53 Å². The maximum Gasteiger partial charge on any atom is 0.219 e. The Kier molecular flexibility index (Phi) is 4.82. The van der Waals surface area contributed by atoms with Crippen LogP contribution in [0.25, 0.3) is 0 Å². The normalized spacial score (nSPS) is 35.5. The molecular weight excluding hydrogens is 266 g/mol. The third-order valence-electron chi connectivity index (χ3n) is 5.36. The summed E-state index contributed by atoms with van der Waals surface area (Å²) in [6.45, 7) is 12.3. The van der Waals surface area contributed by atoms with Crippen molar-refractivity contribution in [3.63, 3.8) is 0 Å². The third kappa shape index (κ3) is 3.58. The minimum atomic E-state index is 0.217. The number of likely N-dealkylation sites (tertiary alicyclic amines) is 1. The van der Waals surface area contributed by atoms with Gasteiger partial charge in [0.1, 0.15) is 0 Å². The van der Waals surface area contributed by atoms with Gasteiger partial charge in [0.25, 0.3) is 0 Å². The maximum atomic E-state index is 11.4. The van der Waals surface area contributed by atoms with Crippen LogP contribution in [0, 0.1) is 5.92 Å². The molecule has 3 aliphatic heterocycles. The van der Waals surface area contributed by atoms with E-state index in [1.807, 2.05) is 4.90 Å². The molecule has 0 saturated carbocycles. The summed E-state index contributed by atoms with van der Waals surface area (Å²) in [5.74, 6) is 0.935. The number of ether oxygens (including phenoxy) is 1. The van der Waals surface area contributed by atoms with E-state index in [0.717, 1.165) is 45.2 Å². The van der Waals surface area contributed by atoms with Gasteiger partial charge in [0.2, 0.25) is 5.91 Å². The van der Waals surface area contributed by atoms with Gasteiger partial charge in [0.05, 0.1) is 6.10 Å². The Morgan fingerprint density at radius 1 is 1.19 bits per heavy atom. The maximum absolute atomic E-state index is 11.4. The molecule has 0 aromatic heterocycles. The summed E-state index contributed by atoms with van der Waals surface area (Å²) in [4.78, 5) is 18.6. The first-order chi connectivity index (χ1) is 10.1. The van der Waals surface area contributed by atoms with E-state index in [4.69, 9.17) is 4.74 Å². The van der Waals surface area contributed by atoms with Gasteiger partial charge in [0.15, 0.2) is 0 Å². The van der Waals surface area contributed by atoms with E-state index in [1.54, 1.807) is 6.92 Å². The highest BCUT2D eigenvalue weighted by molar-refractivity contribution is 5.73. The van der Waals surface area contributed by atoms with Crippen LogP contribution in [0.15, 0.2) is 0 Å². The molecule has 3 fully saturated rings. The lowest BCUT2D eigenvalue weighted by atomic mass is 10.0. The Balaban J connectivity index is 1.48. The van der Waals surface area contributed by atoms with Crippen molar-refractivity contribution in [1.29, 1.82) is 0 Å². The van der Waals surface area contributed by atoms with E-state index in [-0.39, 0.29) is 5.91 Å². The molecule has 0 aromatic rings. The number of hydrogen-bond donors (Lipinski definition) is 0. The molecule has 1 amide bonds. The van der Waals surface area contributed by atoms with Crippen LogP contribution in [0.1, 0.15) is 26.7 Å². The lowest BCUT2D eigenvalue weighted by Crippen LogP contribution is -2.53. The van der Waals surface area contributed by atoms with Crippen molar-refractivity contribution in [1.82, 2.24) is 14.7 Å². The Labute approximate surface area is 128 Å². The number of nitrogens with zero attached hydrogens (tertiary/aromatic N) is 3. The zero-order valence-corrected chi connectivity index (χ0v) is 13.5. The first-order valence-corrected chi connectivity index (χ1v) is 8.47. The fourth-order valence-electron chi connectivity index (χ4n) is 4.12. The van der Waals surface area contributed by atoms with E-state index >= 15 is 0 Å². The van der Waals surface area contributed by atoms with Gasteiger partial charge in [-0.1, -0.05) is 6.92 Å². The van der Waals surface area contributed by atoms with Crippen molar-refractivity contribution in [3.8, 4) is 0 Å². The van der Waals surface area contributed by atoms with E-state index in [1.165, 1.54) is 25.9 Å². The van der Waals surface area contributed by atoms with Gasteiger partial charge in [-0.25, -0.2) is 0 Å². The molecule has 5 heteroatoms. The first-order valence-electron chi connectivity index (χ1n) is 8.47. The summed E-state index contributed by atoms with van der Waals surface area (Å²) in [7, 11) is 0. The molecule has 3 saturated heterocycles. The number of hydrogen-bond acceptors (Lipinski definition) is 4. The highest BCUT2D eigenvalue weighted by Gasteiger charge is 2.36. The topological polar surface area (TPSA) is 36.0 Å². The van der Waals surface area contributed by atoms with Gasteiger partial charge in [0, 0.05) is 65.4 Å². The molecule has 21 heavy (non-hydrogen) atoms. The van der Waals surface area contributed by atoms with Crippen LogP contribution < -0.4 is 0 Å². The van der Waals surface area contributed by atoms with Gasteiger partial charge in [-0.2, -0.15) is 0 Å². The fourth-order valence-corrected chi connectivity index (χ4v) is 4.12. The summed E-state index contributed by atoms with van der Waals surface area (Å²) in [5, 5.41) is 0. The second-order valence-corrected chi connectivity index (χ2v) is 6.94. The molecule has 0 bridgehead atoms. The highest BCUT2D eigenvalue weighted by Crippen LogP contribution is 2.24. The van der Waals surface area contributed by atoms with Crippen LogP contribution in [0.2, 0.25) is 0 Å². The van der Waals surface area contributed by atoms with E-state index in [2.05, 4.69) is 16.7 Å². The predicted octanol–water partition coefficient (Wildman–Crippen LogP) is 0.650. The van der Waals surface area contributed by atoms with Gasteiger partial charge >= 0.3 is 0 Å². The van der Waals surface area contributed by atoms with Crippen molar-refractivity contribution >= 4 is 5.91 Å². The van der Waals surface area contributed by atoms with Crippen LogP contribution in [-0.4, -0.2) is 85.2 Å². The molecule has 120 valence electrons. The largest absolute Gasteiger partial charge is 0.377 e. The quantitative estimate of drug-likeness (QED) is 0.766. The van der Waals surface area contributed by atoms with Crippen LogP contribution >= 0.6 is 0 Å². The molecular formula is C16H29N3O2. The van der Waals surface area contributed by atoms with Crippen molar-refractivity contribution in [2.24, 2.45) is 5.92 Å². The summed E-state index contributed by atoms with van der Waals surface area (Å²) in [6.07, 6.45) is 2.92. The van der Waals surface area contributed by atoms with Crippen molar-refractivity contribution in [2.75, 3.05) is 52.4 Å². The van der Waals surface area contributed by atoms with Crippen LogP contribution in [0.3, 0.4) is 0 Å². The summed E-state index contributed by atoms with van der Waals surface area (Å²) >= 11 is 0. The lowest BCUT2D eigenvalue weighted by Gasteiger charge is -2.39. The average molecular weight is 295 g/mol. The number of piperazine rings is 1. The minimum Gasteiger partial charge on any atom is -0.377 e. The second-order valence-electron chi connectivity index (χ2n) is 6.94. The molecule has 0 spiro atoms. The molecule has 0 radical (unpaired) electrons. The number of carbonyl (C=O) groups excluding carboxylic acids is 1. The Bertz CT molecular complexity index is 363. The molecule has 0 unspecified atom stereocenters. The van der Waals surface area contributed by atoms with Gasteiger partial charge < -0.3 is 9.64 Å². The molecule has 3 aliphatic rings. The molecule has 0 aliphatic carbocycles. The number of rotatable bonds is 3. The zero-order valence-electron chi connectivity index (χ0n) is 13.5. The summed E-state index contributed by atoms with van der Waals surface area (Å²) in [6, 6.07) is 0.653.